The third kappa shape index (κ3) is 4.94. The second-order valence-electron chi connectivity index (χ2n) is 4.02. The molecule has 0 amide bonds. The molecule has 4 nitrogen and oxygen atoms in total. The zero-order valence-electron chi connectivity index (χ0n) is 11.1. The third-order valence-electron chi connectivity index (χ3n) is 2.48. The number of rotatable bonds is 5. The average Bonchev–Trinajstić information content (AvgIpc) is 2.37. The Bertz CT molecular complexity index is 562. The van der Waals surface area contributed by atoms with Crippen LogP contribution in [0.3, 0.4) is 0 Å². The molecule has 1 aromatic carbocycles. The lowest BCUT2D eigenvalue weighted by Gasteiger charge is -2.10. The maximum atomic E-state index is 12.8. The van der Waals surface area contributed by atoms with Crippen molar-refractivity contribution in [3.63, 3.8) is 0 Å². The minimum atomic E-state index is -4.77. The summed E-state index contributed by atoms with van der Waals surface area (Å²) in [6.07, 6.45) is -2.18. The summed E-state index contributed by atoms with van der Waals surface area (Å²) in [5, 5.41) is 8.75. The van der Waals surface area contributed by atoms with Gasteiger partial charge in [0.1, 0.15) is 0 Å². The Balaban J connectivity index is 2.98. The van der Waals surface area contributed by atoms with Crippen molar-refractivity contribution in [1.29, 1.82) is 0 Å². The normalized spacial score (nSPS) is 11.6. The molecule has 7 heteroatoms. The topological polar surface area (TPSA) is 63.6 Å². The van der Waals surface area contributed by atoms with Crippen LogP contribution in [-0.4, -0.2) is 23.7 Å². The molecular weight excluding hydrogens is 289 g/mol. The molecule has 0 saturated heterocycles. The smallest absolute Gasteiger partial charge is 0.417 e. The molecule has 0 aliphatic heterocycles. The number of hydrogen-bond acceptors (Lipinski definition) is 3. The Morgan fingerprint density at radius 3 is 2.52 bits per heavy atom. The summed E-state index contributed by atoms with van der Waals surface area (Å²) in [6.45, 7) is 1.86. The first-order valence-electron chi connectivity index (χ1n) is 6.02. The summed E-state index contributed by atoms with van der Waals surface area (Å²) in [6, 6.07) is 2.85. The summed E-state index contributed by atoms with van der Waals surface area (Å²) in [7, 11) is 0. The minimum Gasteiger partial charge on any atom is -0.478 e. The van der Waals surface area contributed by atoms with Gasteiger partial charge >= 0.3 is 18.1 Å². The van der Waals surface area contributed by atoms with Crippen molar-refractivity contribution in [3.05, 3.63) is 41.0 Å². The van der Waals surface area contributed by atoms with E-state index in [0.717, 1.165) is 12.1 Å². The highest BCUT2D eigenvalue weighted by atomic mass is 19.4. The SMILES string of the molecule is CCOC(=O)CC=Cc1ccc(C(=O)O)c(C(F)(F)F)c1. The van der Waals surface area contributed by atoms with E-state index in [1.54, 1.807) is 6.92 Å². The molecule has 0 aliphatic carbocycles. The van der Waals surface area contributed by atoms with Crippen molar-refractivity contribution in [2.75, 3.05) is 6.61 Å². The van der Waals surface area contributed by atoms with Crippen LogP contribution in [0.5, 0.6) is 0 Å². The second kappa shape index (κ2) is 6.92. The summed E-state index contributed by atoms with van der Waals surface area (Å²) in [4.78, 5) is 21.8. The van der Waals surface area contributed by atoms with Gasteiger partial charge in [-0.3, -0.25) is 4.79 Å². The lowest BCUT2D eigenvalue weighted by Crippen LogP contribution is -2.13. The van der Waals surface area contributed by atoms with Gasteiger partial charge in [-0.1, -0.05) is 18.2 Å². The molecule has 0 aliphatic rings. The number of carbonyl (C=O) groups is 2. The van der Waals surface area contributed by atoms with Gasteiger partial charge in [0.15, 0.2) is 0 Å². The fourth-order valence-electron chi connectivity index (χ4n) is 1.60. The number of ether oxygens (including phenoxy) is 1. The molecule has 0 saturated carbocycles. The first-order chi connectivity index (χ1) is 9.75. The Morgan fingerprint density at radius 2 is 2.00 bits per heavy atom. The van der Waals surface area contributed by atoms with E-state index in [0.29, 0.717) is 0 Å². The van der Waals surface area contributed by atoms with Crippen LogP contribution in [0, 0.1) is 0 Å². The summed E-state index contributed by atoms with van der Waals surface area (Å²) in [5.41, 5.74) is -1.89. The highest BCUT2D eigenvalue weighted by Crippen LogP contribution is 2.33. The molecule has 21 heavy (non-hydrogen) atoms. The first-order valence-corrected chi connectivity index (χ1v) is 6.02. The van der Waals surface area contributed by atoms with Crippen molar-refractivity contribution in [3.8, 4) is 0 Å². The number of carbonyl (C=O) groups excluding carboxylic acids is 1. The summed E-state index contributed by atoms with van der Waals surface area (Å²) >= 11 is 0. The van der Waals surface area contributed by atoms with Gasteiger partial charge in [-0.2, -0.15) is 13.2 Å². The zero-order chi connectivity index (χ0) is 16.0. The first kappa shape index (κ1) is 16.7. The molecule has 1 rings (SSSR count). The molecule has 114 valence electrons. The van der Waals surface area contributed by atoms with Crippen LogP contribution in [0.1, 0.15) is 34.8 Å². The predicted molar refractivity (Wildman–Crippen MR) is 68.7 cm³/mol. The maximum Gasteiger partial charge on any atom is 0.417 e. The fourth-order valence-corrected chi connectivity index (χ4v) is 1.60. The van der Waals surface area contributed by atoms with E-state index in [9.17, 15) is 22.8 Å². The standard InChI is InChI=1S/C14H13F3O4/c1-2-21-12(18)5-3-4-9-6-7-10(13(19)20)11(8-9)14(15,16)17/h3-4,6-8H,2,5H2,1H3,(H,19,20). The van der Waals surface area contributed by atoms with Crippen molar-refractivity contribution >= 4 is 18.0 Å². The van der Waals surface area contributed by atoms with Crippen LogP contribution in [-0.2, 0) is 15.7 Å². The van der Waals surface area contributed by atoms with Gasteiger partial charge in [0, 0.05) is 0 Å². The van der Waals surface area contributed by atoms with Crippen LogP contribution in [0.4, 0.5) is 13.2 Å². The van der Waals surface area contributed by atoms with Gasteiger partial charge in [-0.25, -0.2) is 4.79 Å². The number of carboxylic acid groups (broad SMARTS) is 1. The minimum absolute atomic E-state index is 0.0735. The number of alkyl halides is 3. The van der Waals surface area contributed by atoms with E-state index >= 15 is 0 Å². The summed E-state index contributed by atoms with van der Waals surface area (Å²) < 4.78 is 43.0. The van der Waals surface area contributed by atoms with Crippen molar-refractivity contribution in [2.45, 2.75) is 19.5 Å². The highest BCUT2D eigenvalue weighted by molar-refractivity contribution is 5.90. The third-order valence-corrected chi connectivity index (χ3v) is 2.48. The van der Waals surface area contributed by atoms with E-state index in [1.165, 1.54) is 18.2 Å². The second-order valence-corrected chi connectivity index (χ2v) is 4.02. The number of carboxylic acids is 1. The number of benzene rings is 1. The molecule has 0 heterocycles. The quantitative estimate of drug-likeness (QED) is 0.847. The van der Waals surface area contributed by atoms with Crippen molar-refractivity contribution < 1.29 is 32.6 Å². The molecule has 1 aromatic rings. The lowest BCUT2D eigenvalue weighted by atomic mass is 10.0. The molecule has 0 bridgehead atoms. The van der Waals surface area contributed by atoms with E-state index in [4.69, 9.17) is 5.11 Å². The number of halogens is 3. The highest BCUT2D eigenvalue weighted by Gasteiger charge is 2.35. The molecule has 1 N–H and O–H groups in total. The zero-order valence-corrected chi connectivity index (χ0v) is 11.1. The molecule has 0 atom stereocenters. The molecular formula is C14H13F3O4. The Morgan fingerprint density at radius 1 is 1.33 bits per heavy atom. The van der Waals surface area contributed by atoms with E-state index < -0.39 is 29.2 Å². The van der Waals surface area contributed by atoms with Crippen molar-refractivity contribution in [2.24, 2.45) is 0 Å². The predicted octanol–water partition coefficient (Wildman–Crippen LogP) is 3.37. The van der Waals surface area contributed by atoms with E-state index in [2.05, 4.69) is 4.74 Å². The lowest BCUT2D eigenvalue weighted by molar-refractivity contribution is -0.142. The summed E-state index contributed by atoms with van der Waals surface area (Å²) in [5.74, 6) is -2.14. The van der Waals surface area contributed by atoms with Crippen molar-refractivity contribution in [1.82, 2.24) is 0 Å². The Hall–Kier alpha value is -2.31. The van der Waals surface area contributed by atoms with Crippen LogP contribution in [0.2, 0.25) is 0 Å². The molecule has 0 unspecified atom stereocenters. The van der Waals surface area contributed by atoms with Gasteiger partial charge in [0.2, 0.25) is 0 Å². The fraction of sp³-hybridized carbons (Fsp3) is 0.286. The van der Waals surface area contributed by atoms with E-state index in [1.807, 2.05) is 0 Å². The molecule has 0 aromatic heterocycles. The monoisotopic (exact) mass is 302 g/mol. The number of hydrogen-bond donors (Lipinski definition) is 1. The largest absolute Gasteiger partial charge is 0.478 e. The number of aromatic carboxylic acids is 1. The number of esters is 1. The van der Waals surface area contributed by atoms with Crippen LogP contribution in [0.25, 0.3) is 6.08 Å². The van der Waals surface area contributed by atoms with Gasteiger partial charge in [0.05, 0.1) is 24.2 Å². The van der Waals surface area contributed by atoms with Gasteiger partial charge in [-0.05, 0) is 24.6 Å². The van der Waals surface area contributed by atoms with Gasteiger partial charge in [-0.15, -0.1) is 0 Å². The maximum absolute atomic E-state index is 12.8. The van der Waals surface area contributed by atoms with Gasteiger partial charge < -0.3 is 9.84 Å². The van der Waals surface area contributed by atoms with E-state index in [-0.39, 0.29) is 18.6 Å². The molecule has 0 fully saturated rings. The Labute approximate surface area is 118 Å². The van der Waals surface area contributed by atoms with Gasteiger partial charge in [0.25, 0.3) is 0 Å². The Kier molecular flexibility index (Phi) is 5.52. The molecule has 0 radical (unpaired) electrons. The van der Waals surface area contributed by atoms with Crippen LogP contribution < -0.4 is 0 Å². The van der Waals surface area contributed by atoms with Crippen LogP contribution in [0.15, 0.2) is 24.3 Å². The molecule has 0 spiro atoms. The van der Waals surface area contributed by atoms with Crippen LogP contribution >= 0.6 is 0 Å². The average molecular weight is 302 g/mol.